The number of rotatable bonds is 2. The van der Waals surface area contributed by atoms with Crippen molar-refractivity contribution in [1.82, 2.24) is 4.98 Å². The van der Waals surface area contributed by atoms with Gasteiger partial charge in [-0.25, -0.2) is 0 Å². The fourth-order valence-electron chi connectivity index (χ4n) is 7.12. The van der Waals surface area contributed by atoms with Crippen LogP contribution in [0.3, 0.4) is 0 Å². The minimum Gasteiger partial charge on any atom is -0.490 e. The maximum absolute atomic E-state index is 4.22. The van der Waals surface area contributed by atoms with Gasteiger partial charge in [-0.05, 0) is 73.4 Å². The second-order valence-electron chi connectivity index (χ2n) is 13.9. The molecule has 4 aromatic carbocycles. The molecule has 0 amide bonds. The fourth-order valence-corrected chi connectivity index (χ4v) is 7.12. The first-order chi connectivity index (χ1) is 21.6. The maximum Gasteiger partial charge on any atom is 3.00 e. The van der Waals surface area contributed by atoms with E-state index >= 15 is 0 Å². The van der Waals surface area contributed by atoms with E-state index in [1.165, 1.54) is 63.5 Å². The van der Waals surface area contributed by atoms with Gasteiger partial charge >= 0.3 is 20.1 Å². The molecule has 0 saturated heterocycles. The molecule has 5 aromatic rings. The van der Waals surface area contributed by atoms with Gasteiger partial charge in [0, 0.05) is 17.6 Å². The van der Waals surface area contributed by atoms with Gasteiger partial charge in [0.1, 0.15) is 0 Å². The van der Waals surface area contributed by atoms with E-state index in [1.54, 1.807) is 6.20 Å². The molecule has 1 aliphatic carbocycles. The Morgan fingerprint density at radius 2 is 1.43 bits per heavy atom. The van der Waals surface area contributed by atoms with E-state index < -0.39 is 0 Å². The van der Waals surface area contributed by atoms with Crippen LogP contribution in [0.5, 0.6) is 0 Å². The van der Waals surface area contributed by atoms with Gasteiger partial charge < -0.3 is 19.7 Å². The molecular weight excluding hydrogens is 741 g/mol. The van der Waals surface area contributed by atoms with Gasteiger partial charge in [0.15, 0.2) is 0 Å². The molecule has 0 N–H and O–H groups in total. The molecule has 1 aromatic heterocycles. The van der Waals surface area contributed by atoms with Crippen molar-refractivity contribution in [2.24, 2.45) is 0 Å². The molecule has 0 unspecified atom stereocenters. The number of pyridine rings is 1. The summed E-state index contributed by atoms with van der Waals surface area (Å²) in [6.45, 7) is 16.2. The largest absolute Gasteiger partial charge is 3.00 e. The Morgan fingerprint density at radius 3 is 2.13 bits per heavy atom. The van der Waals surface area contributed by atoms with Crippen molar-refractivity contribution in [1.29, 1.82) is 0 Å². The normalized spacial score (nSPS) is 16.4. The van der Waals surface area contributed by atoms with E-state index in [9.17, 15) is 0 Å². The second-order valence-corrected chi connectivity index (χ2v) is 13.9. The van der Waals surface area contributed by atoms with Crippen LogP contribution in [0.2, 0.25) is 0 Å². The summed E-state index contributed by atoms with van der Waals surface area (Å²) in [7, 11) is 2.20. The summed E-state index contributed by atoms with van der Waals surface area (Å²) >= 11 is 0. The van der Waals surface area contributed by atoms with E-state index in [2.05, 4.69) is 130 Å². The van der Waals surface area contributed by atoms with Crippen molar-refractivity contribution in [3.05, 3.63) is 132 Å². The van der Waals surface area contributed by atoms with Crippen molar-refractivity contribution < 1.29 is 20.1 Å². The topological polar surface area (TPSA) is 22.6 Å². The third-order valence-electron chi connectivity index (χ3n) is 9.84. The molecule has 0 spiro atoms. The van der Waals surface area contributed by atoms with Crippen molar-refractivity contribution in [3.63, 3.8) is 0 Å². The van der Waals surface area contributed by atoms with Crippen molar-refractivity contribution >= 4 is 34.1 Å². The Hall–Kier alpha value is -3.92. The maximum atomic E-state index is 4.22. The first kappa shape index (κ1) is 32.0. The quantitative estimate of drug-likeness (QED) is 0.166. The summed E-state index contributed by atoms with van der Waals surface area (Å²) in [4.78, 5) is 11.3. The number of aromatic nitrogens is 1. The third-order valence-corrected chi connectivity index (χ3v) is 9.84. The van der Waals surface area contributed by atoms with Crippen LogP contribution >= 0.6 is 0 Å². The van der Waals surface area contributed by atoms with Crippen LogP contribution in [-0.2, 0) is 30.9 Å². The molecule has 0 atom stereocenters. The number of hydrogen-bond acceptors (Lipinski definition) is 4. The molecule has 0 radical (unpaired) electrons. The van der Waals surface area contributed by atoms with E-state index in [4.69, 9.17) is 0 Å². The first-order valence-corrected chi connectivity index (χ1v) is 15.9. The van der Waals surface area contributed by atoms with Crippen LogP contribution in [0.1, 0.15) is 62.8 Å². The number of para-hydroxylation sites is 2. The van der Waals surface area contributed by atoms with Crippen molar-refractivity contribution in [2.45, 2.75) is 65.2 Å². The van der Waals surface area contributed by atoms with E-state index in [0.29, 0.717) is 0 Å². The summed E-state index contributed by atoms with van der Waals surface area (Å²) < 4.78 is 0. The van der Waals surface area contributed by atoms with Crippen LogP contribution in [0, 0.1) is 32.6 Å². The van der Waals surface area contributed by atoms with E-state index in [0.717, 1.165) is 16.9 Å². The molecular formula is C41H41IrN4. The zero-order valence-corrected chi connectivity index (χ0v) is 30.2. The number of nitrogens with zero attached hydrogens (tertiary/aromatic N) is 4. The number of benzene rings is 4. The van der Waals surface area contributed by atoms with E-state index in [-0.39, 0.29) is 30.9 Å². The third kappa shape index (κ3) is 5.34. The first-order valence-electron chi connectivity index (χ1n) is 15.9. The zero-order valence-electron chi connectivity index (χ0n) is 27.8. The molecule has 46 heavy (non-hydrogen) atoms. The zero-order chi connectivity index (χ0) is 31.5. The molecule has 3 aliphatic rings. The molecule has 234 valence electrons. The van der Waals surface area contributed by atoms with Gasteiger partial charge in [0.25, 0.3) is 0 Å². The van der Waals surface area contributed by atoms with Crippen LogP contribution in [0.4, 0.5) is 34.1 Å². The van der Waals surface area contributed by atoms with Crippen LogP contribution in [0.15, 0.2) is 91.1 Å². The standard InChI is InChI=1S/C30H33N3.C11H8N.Ir/c1-19-10-8-11-20(2)27(19)32-18-33-26-17-22-21(29(3,4)14-15-30(22,5)6)16-25(26)31(7)23-12-9-13-24(32)28(23)33;1-2-6-10(7-3-1)11-8-4-5-9-12-11;/h8-13,16,18H,14-15H2,1-7H3;1-6,8-9H;/q-2;-1;+3. The van der Waals surface area contributed by atoms with Crippen molar-refractivity contribution in [2.75, 3.05) is 21.7 Å². The average Bonchev–Trinajstić information content (AvgIpc) is 3.43. The number of anilines is 6. The van der Waals surface area contributed by atoms with Crippen LogP contribution < -0.4 is 14.7 Å². The molecule has 0 saturated carbocycles. The second kappa shape index (κ2) is 12.0. The van der Waals surface area contributed by atoms with Crippen LogP contribution in [0.25, 0.3) is 11.3 Å². The van der Waals surface area contributed by atoms with Gasteiger partial charge in [-0.2, -0.15) is 11.6 Å². The summed E-state index contributed by atoms with van der Waals surface area (Å²) in [5, 5.41) is 0. The Morgan fingerprint density at radius 1 is 0.739 bits per heavy atom. The summed E-state index contributed by atoms with van der Waals surface area (Å²) in [5.74, 6) is 0. The minimum atomic E-state index is 0. The number of hydrogen-bond donors (Lipinski definition) is 0. The monoisotopic (exact) mass is 782 g/mol. The Bertz CT molecular complexity index is 1820. The smallest absolute Gasteiger partial charge is 0.490 e. The SMILES string of the molecule is Cc1cccc(C)c1N1[CH-]N2c3[c-]c4c(cc3N(C)c3cccc1c32)C(C)(C)CCC4(C)C.[Ir+3].[c-]1ccccc1-c1ccccn1. The van der Waals surface area contributed by atoms with Gasteiger partial charge in [-0.15, -0.1) is 54.2 Å². The summed E-state index contributed by atoms with van der Waals surface area (Å²) in [6, 6.07) is 36.5. The fraction of sp³-hybridized carbons (Fsp3) is 0.268. The minimum absolute atomic E-state index is 0. The number of fused-ring (bicyclic) bond motifs is 3. The molecule has 4 nitrogen and oxygen atoms in total. The molecule has 5 heteroatoms. The molecule has 2 aliphatic heterocycles. The van der Waals surface area contributed by atoms with Gasteiger partial charge in [0.2, 0.25) is 0 Å². The Labute approximate surface area is 288 Å². The molecule has 0 fully saturated rings. The van der Waals surface area contributed by atoms with Gasteiger partial charge in [0.05, 0.1) is 11.4 Å². The molecule has 0 bridgehead atoms. The van der Waals surface area contributed by atoms with Gasteiger partial charge in [-0.1, -0.05) is 81.6 Å². The van der Waals surface area contributed by atoms with Crippen molar-refractivity contribution in [3.8, 4) is 11.3 Å². The van der Waals surface area contributed by atoms with Gasteiger partial charge in [-0.3, -0.25) is 0 Å². The predicted molar refractivity (Wildman–Crippen MR) is 188 cm³/mol. The average molecular weight is 782 g/mol. The molecule has 8 rings (SSSR count). The predicted octanol–water partition coefficient (Wildman–Crippen LogP) is 10.5. The van der Waals surface area contributed by atoms with E-state index in [1.807, 2.05) is 42.5 Å². The Kier molecular flexibility index (Phi) is 8.37. The molecule has 3 heterocycles. The summed E-state index contributed by atoms with van der Waals surface area (Å²) in [6.07, 6.45) is 4.19. The van der Waals surface area contributed by atoms with Crippen LogP contribution in [-0.4, -0.2) is 12.0 Å². The summed E-state index contributed by atoms with van der Waals surface area (Å²) in [5.41, 5.74) is 15.1. The Balaban J connectivity index is 0.000000241. The number of aryl methyl sites for hydroxylation is 2.